The van der Waals surface area contributed by atoms with E-state index in [1.165, 1.54) is 11.1 Å². The van der Waals surface area contributed by atoms with Crippen molar-refractivity contribution in [3.63, 3.8) is 0 Å². The van der Waals surface area contributed by atoms with E-state index in [0.717, 1.165) is 0 Å². The summed E-state index contributed by atoms with van der Waals surface area (Å²) >= 11 is 0. The Kier molecular flexibility index (Phi) is 4.55. The highest BCUT2D eigenvalue weighted by atomic mass is 16.6. The summed E-state index contributed by atoms with van der Waals surface area (Å²) < 4.78 is 10.0. The summed E-state index contributed by atoms with van der Waals surface area (Å²) in [6.45, 7) is 5.39. The molecule has 1 N–H and O–H groups in total. The third kappa shape index (κ3) is 4.25. The fourth-order valence-corrected chi connectivity index (χ4v) is 1.15. The topological polar surface area (TPSA) is 71.9 Å². The number of carbonyl (C=O) groups excluding carboxylic acids is 1. The van der Waals surface area contributed by atoms with Crippen molar-refractivity contribution in [2.45, 2.75) is 26.4 Å². The molecule has 0 saturated carbocycles. The van der Waals surface area contributed by atoms with E-state index in [2.05, 4.69) is 4.98 Å². The van der Waals surface area contributed by atoms with Gasteiger partial charge in [-0.2, -0.15) is 0 Å². The van der Waals surface area contributed by atoms with Gasteiger partial charge < -0.3 is 14.4 Å². The van der Waals surface area contributed by atoms with Crippen molar-refractivity contribution in [1.29, 1.82) is 0 Å². The number of nitrogens with zero attached hydrogens (tertiary/aromatic N) is 2. The van der Waals surface area contributed by atoms with Crippen LogP contribution in [-0.2, 0) is 4.74 Å². The third-order valence-electron chi connectivity index (χ3n) is 1.96. The summed E-state index contributed by atoms with van der Waals surface area (Å²) in [6, 6.07) is 3.22. The van der Waals surface area contributed by atoms with Gasteiger partial charge in [0.1, 0.15) is 17.2 Å². The number of anilines is 1. The van der Waals surface area contributed by atoms with Gasteiger partial charge in [0, 0.05) is 7.05 Å². The summed E-state index contributed by atoms with van der Waals surface area (Å²) in [7, 11) is 1.16. The predicted octanol–water partition coefficient (Wildman–Crippen LogP) is 1.09. The fraction of sp³-hybridized carbons (Fsp3) is 0.455. The zero-order chi connectivity index (χ0) is 13.8. The van der Waals surface area contributed by atoms with Crippen LogP contribution in [0.3, 0.4) is 0 Å². The number of pyridine rings is 1. The maximum Gasteiger partial charge on any atom is 0.504 e. The van der Waals surface area contributed by atoms with E-state index in [0.29, 0.717) is 11.6 Å². The van der Waals surface area contributed by atoms with Crippen LogP contribution in [0.25, 0.3) is 0 Å². The number of amides is 1. The molecule has 0 aliphatic rings. The van der Waals surface area contributed by atoms with Gasteiger partial charge in [-0.25, -0.2) is 9.78 Å². The Labute approximate surface area is 107 Å². The normalized spacial score (nSPS) is 10.7. The Bertz CT molecular complexity index is 402. The van der Waals surface area contributed by atoms with E-state index in [-0.39, 0.29) is 0 Å². The minimum Gasteiger partial charge on any atom is -0.538 e. The third-order valence-corrected chi connectivity index (χ3v) is 1.96. The van der Waals surface area contributed by atoms with Crippen molar-refractivity contribution in [3.05, 3.63) is 18.3 Å². The van der Waals surface area contributed by atoms with Crippen LogP contribution in [0.4, 0.5) is 10.6 Å². The summed E-state index contributed by atoms with van der Waals surface area (Å²) in [5.74, 6) is 0.869. The van der Waals surface area contributed by atoms with Crippen molar-refractivity contribution >= 4 is 19.6 Å². The highest BCUT2D eigenvalue weighted by Gasteiger charge is 2.21. The number of hydrogen-bond acceptors (Lipinski definition) is 5. The van der Waals surface area contributed by atoms with Gasteiger partial charge in [-0.15, -0.1) is 0 Å². The first kappa shape index (κ1) is 14.3. The average molecular weight is 252 g/mol. The summed E-state index contributed by atoms with van der Waals surface area (Å²) in [5.41, 5.74) is -0.550. The molecule has 1 rings (SSSR count). The Balaban J connectivity index is 2.71. The second-order valence-electron chi connectivity index (χ2n) is 4.66. The van der Waals surface area contributed by atoms with Crippen molar-refractivity contribution in [2.75, 3.05) is 11.9 Å². The molecule has 0 aliphatic heterocycles. The van der Waals surface area contributed by atoms with Crippen LogP contribution in [0, 0.1) is 0 Å². The summed E-state index contributed by atoms with van der Waals surface area (Å²) in [5, 5.41) is 8.58. The first-order chi connectivity index (χ1) is 8.33. The number of ether oxygens (including phenoxy) is 1. The Hall–Kier alpha value is -1.76. The molecule has 7 heteroatoms. The van der Waals surface area contributed by atoms with Crippen molar-refractivity contribution in [3.8, 4) is 5.75 Å². The highest BCUT2D eigenvalue weighted by Crippen LogP contribution is 2.17. The standard InChI is InChI=1S/C11H17BN2O4/c1-11(2,3)17-10(15)14(4)9-6-5-8(7-13-9)18-12-16/h5-7,12,16H,1-4H3. The molecular weight excluding hydrogens is 235 g/mol. The first-order valence-electron chi connectivity index (χ1n) is 5.50. The van der Waals surface area contributed by atoms with Crippen LogP contribution in [0.1, 0.15) is 20.8 Å². The zero-order valence-corrected chi connectivity index (χ0v) is 11.0. The van der Waals surface area contributed by atoms with Crippen LogP contribution in [0.15, 0.2) is 18.3 Å². The molecule has 6 nitrogen and oxygen atoms in total. The van der Waals surface area contributed by atoms with E-state index in [1.807, 2.05) is 0 Å². The minimum absolute atomic E-state index is 0.414. The summed E-state index contributed by atoms with van der Waals surface area (Å²) in [6.07, 6.45) is 0.942. The second kappa shape index (κ2) is 5.73. The molecule has 0 spiro atoms. The van der Waals surface area contributed by atoms with E-state index < -0.39 is 19.4 Å². The number of hydrogen-bond donors (Lipinski definition) is 1. The molecule has 1 aromatic rings. The highest BCUT2D eigenvalue weighted by molar-refractivity contribution is 6.17. The lowest BCUT2D eigenvalue weighted by Crippen LogP contribution is -2.34. The van der Waals surface area contributed by atoms with Gasteiger partial charge in [0.15, 0.2) is 0 Å². The minimum atomic E-state index is -0.550. The molecule has 0 fully saturated rings. The zero-order valence-electron chi connectivity index (χ0n) is 11.0. The van der Waals surface area contributed by atoms with E-state index >= 15 is 0 Å². The molecule has 0 bridgehead atoms. The molecular formula is C11H17BN2O4. The van der Waals surface area contributed by atoms with Gasteiger partial charge >= 0.3 is 13.8 Å². The van der Waals surface area contributed by atoms with E-state index in [4.69, 9.17) is 14.4 Å². The lowest BCUT2D eigenvalue weighted by atomic mass is 10.2. The quantitative estimate of drug-likeness (QED) is 0.815. The Morgan fingerprint density at radius 1 is 1.44 bits per heavy atom. The van der Waals surface area contributed by atoms with Crippen molar-refractivity contribution < 1.29 is 19.2 Å². The molecule has 1 amide bonds. The van der Waals surface area contributed by atoms with Crippen molar-refractivity contribution in [1.82, 2.24) is 4.98 Å². The SMILES string of the molecule is CN(C(=O)OC(C)(C)C)c1ccc(OBO)cn1. The van der Waals surface area contributed by atoms with Gasteiger partial charge in [0.05, 0.1) is 6.20 Å². The molecule has 98 valence electrons. The molecule has 0 aliphatic carbocycles. The average Bonchev–Trinajstić information content (AvgIpc) is 2.27. The second-order valence-corrected chi connectivity index (χ2v) is 4.66. The van der Waals surface area contributed by atoms with Gasteiger partial charge in [-0.05, 0) is 32.9 Å². The molecule has 1 heterocycles. The lowest BCUT2D eigenvalue weighted by molar-refractivity contribution is 0.0588. The molecule has 0 atom stereocenters. The Morgan fingerprint density at radius 3 is 2.56 bits per heavy atom. The maximum absolute atomic E-state index is 11.8. The van der Waals surface area contributed by atoms with Gasteiger partial charge in [0.25, 0.3) is 0 Å². The molecule has 0 unspecified atom stereocenters. The number of aromatic nitrogens is 1. The van der Waals surface area contributed by atoms with E-state index in [1.54, 1.807) is 40.0 Å². The van der Waals surface area contributed by atoms with Gasteiger partial charge in [0.2, 0.25) is 0 Å². The monoisotopic (exact) mass is 252 g/mol. The molecule has 1 aromatic heterocycles. The predicted molar refractivity (Wildman–Crippen MR) is 68.9 cm³/mol. The summed E-state index contributed by atoms with van der Waals surface area (Å²) in [4.78, 5) is 17.1. The molecule has 0 radical (unpaired) electrons. The van der Waals surface area contributed by atoms with Crippen LogP contribution in [0.2, 0.25) is 0 Å². The largest absolute Gasteiger partial charge is 0.538 e. The molecule has 18 heavy (non-hydrogen) atoms. The number of carbonyl (C=O) groups is 1. The number of rotatable bonds is 3. The smallest absolute Gasteiger partial charge is 0.504 e. The van der Waals surface area contributed by atoms with Crippen molar-refractivity contribution in [2.24, 2.45) is 0 Å². The fourth-order valence-electron chi connectivity index (χ4n) is 1.15. The van der Waals surface area contributed by atoms with Gasteiger partial charge in [-0.1, -0.05) is 0 Å². The van der Waals surface area contributed by atoms with Gasteiger partial charge in [-0.3, -0.25) is 4.90 Å². The molecule has 0 saturated heterocycles. The van der Waals surface area contributed by atoms with Crippen LogP contribution < -0.4 is 9.55 Å². The van der Waals surface area contributed by atoms with E-state index in [9.17, 15) is 4.79 Å². The molecule has 0 aromatic carbocycles. The van der Waals surface area contributed by atoms with Crippen LogP contribution >= 0.6 is 0 Å². The maximum atomic E-state index is 11.8. The first-order valence-corrected chi connectivity index (χ1v) is 5.50. The van der Waals surface area contributed by atoms with Crippen LogP contribution in [0.5, 0.6) is 5.75 Å². The Morgan fingerprint density at radius 2 is 2.11 bits per heavy atom. The lowest BCUT2D eigenvalue weighted by Gasteiger charge is -2.24. The van der Waals surface area contributed by atoms with Crippen LogP contribution in [-0.4, -0.2) is 36.4 Å².